The van der Waals surface area contributed by atoms with Gasteiger partial charge in [0, 0.05) is 0 Å². The number of hydrogen-bond donors (Lipinski definition) is 3. The van der Waals surface area contributed by atoms with E-state index < -0.39 is 0 Å². The van der Waals surface area contributed by atoms with Crippen LogP contribution in [0.5, 0.6) is 0 Å². The summed E-state index contributed by atoms with van der Waals surface area (Å²) in [5, 5.41) is 5.73. The molecular formula is C5H11N3OS. The molecule has 4 N–H and O–H groups in total. The van der Waals surface area contributed by atoms with Gasteiger partial charge in [0.15, 0.2) is 0 Å². The average Bonchev–Trinajstić information content (AvgIpc) is 1.85. The zero-order chi connectivity index (χ0) is 7.56. The molecule has 0 saturated carbocycles. The molecule has 4 nitrogen and oxygen atoms in total. The van der Waals surface area contributed by atoms with Gasteiger partial charge >= 0.3 is 0 Å². The molecule has 5 heteroatoms. The van der Waals surface area contributed by atoms with Crippen LogP contribution in [0.3, 0.4) is 0 Å². The van der Waals surface area contributed by atoms with E-state index in [-0.39, 0.29) is 17.6 Å². The summed E-state index contributed by atoms with van der Waals surface area (Å²) in [5.41, 5.74) is 5.49. The fourth-order valence-corrected chi connectivity index (χ4v) is 1.39. The minimum absolute atomic E-state index is 0.0174. The van der Waals surface area contributed by atoms with Crippen LogP contribution in [0.25, 0.3) is 0 Å². The summed E-state index contributed by atoms with van der Waals surface area (Å²) in [6, 6.07) is 0. The maximum absolute atomic E-state index is 10.8. The standard InChI is InChI=1S/C5H11N3OS/c1-10-5-7-3(6)2-4(9)8-5/h3,5,7H,2,6H2,1H3,(H,8,9). The number of nitrogens with one attached hydrogen (secondary N) is 2. The quantitative estimate of drug-likeness (QED) is 0.463. The van der Waals surface area contributed by atoms with Crippen molar-refractivity contribution in [2.24, 2.45) is 5.73 Å². The molecule has 1 saturated heterocycles. The summed E-state index contributed by atoms with van der Waals surface area (Å²) in [6.45, 7) is 0. The first-order valence-electron chi connectivity index (χ1n) is 3.06. The molecule has 10 heavy (non-hydrogen) atoms. The lowest BCUT2D eigenvalue weighted by molar-refractivity contribution is -0.123. The first kappa shape index (κ1) is 7.84. The largest absolute Gasteiger partial charge is 0.332 e. The lowest BCUT2D eigenvalue weighted by Crippen LogP contribution is -2.57. The molecule has 0 bridgehead atoms. The van der Waals surface area contributed by atoms with Crippen LogP contribution < -0.4 is 16.4 Å². The van der Waals surface area contributed by atoms with E-state index in [2.05, 4.69) is 10.6 Å². The SMILES string of the molecule is CSC1NC(=O)CC(N)N1. The smallest absolute Gasteiger partial charge is 0.224 e. The van der Waals surface area contributed by atoms with E-state index in [1.165, 1.54) is 11.8 Å². The first-order chi connectivity index (χ1) is 4.72. The van der Waals surface area contributed by atoms with E-state index in [1.807, 2.05) is 6.26 Å². The molecule has 1 fully saturated rings. The Balaban J connectivity index is 2.42. The van der Waals surface area contributed by atoms with Gasteiger partial charge in [-0.05, 0) is 6.26 Å². The third-order valence-corrected chi connectivity index (χ3v) is 2.02. The number of rotatable bonds is 1. The fraction of sp³-hybridized carbons (Fsp3) is 0.800. The van der Waals surface area contributed by atoms with Crippen molar-refractivity contribution < 1.29 is 4.79 Å². The molecule has 0 spiro atoms. The molecule has 1 heterocycles. The van der Waals surface area contributed by atoms with Gasteiger partial charge in [-0.15, -0.1) is 11.8 Å². The van der Waals surface area contributed by atoms with Crippen molar-refractivity contribution in [2.45, 2.75) is 18.1 Å². The van der Waals surface area contributed by atoms with Crippen LogP contribution in [0.1, 0.15) is 6.42 Å². The van der Waals surface area contributed by atoms with Crippen molar-refractivity contribution in [2.75, 3.05) is 6.26 Å². The maximum atomic E-state index is 10.8. The minimum atomic E-state index is -0.189. The van der Waals surface area contributed by atoms with Crippen LogP contribution in [0.4, 0.5) is 0 Å². The predicted octanol–water partition coefficient (Wildman–Crippen LogP) is -0.973. The number of thioether (sulfide) groups is 1. The fourth-order valence-electron chi connectivity index (χ4n) is 0.827. The summed E-state index contributed by atoms with van der Waals surface area (Å²) in [7, 11) is 0. The lowest BCUT2D eigenvalue weighted by Gasteiger charge is -2.27. The molecule has 1 aliphatic rings. The summed E-state index contributed by atoms with van der Waals surface area (Å²) in [5.74, 6) is 0.0191. The molecule has 1 amide bonds. The highest BCUT2D eigenvalue weighted by atomic mass is 32.2. The number of nitrogens with two attached hydrogens (primary N) is 1. The second kappa shape index (κ2) is 3.23. The minimum Gasteiger partial charge on any atom is -0.332 e. The van der Waals surface area contributed by atoms with E-state index in [0.29, 0.717) is 6.42 Å². The van der Waals surface area contributed by atoms with Crippen molar-refractivity contribution >= 4 is 17.7 Å². The van der Waals surface area contributed by atoms with Crippen LogP contribution in [0, 0.1) is 0 Å². The predicted molar refractivity (Wildman–Crippen MR) is 41.2 cm³/mol. The van der Waals surface area contributed by atoms with Crippen molar-refractivity contribution in [1.29, 1.82) is 0 Å². The van der Waals surface area contributed by atoms with Gasteiger partial charge in [0.2, 0.25) is 5.91 Å². The maximum Gasteiger partial charge on any atom is 0.224 e. The Hall–Kier alpha value is -0.260. The summed E-state index contributed by atoms with van der Waals surface area (Å²) in [4.78, 5) is 10.8. The summed E-state index contributed by atoms with van der Waals surface area (Å²) in [6.07, 6.45) is 2.10. The Morgan fingerprint density at radius 3 is 3.00 bits per heavy atom. The number of amides is 1. The molecule has 0 aromatic rings. The molecule has 0 aliphatic carbocycles. The number of carbonyl (C=O) groups excluding carboxylic acids is 1. The molecule has 1 aliphatic heterocycles. The molecule has 2 atom stereocenters. The Bertz CT molecular complexity index is 141. The Morgan fingerprint density at radius 1 is 1.80 bits per heavy atom. The molecule has 58 valence electrons. The molecule has 0 radical (unpaired) electrons. The zero-order valence-electron chi connectivity index (χ0n) is 5.76. The average molecular weight is 161 g/mol. The van der Waals surface area contributed by atoms with Crippen molar-refractivity contribution in [1.82, 2.24) is 10.6 Å². The molecule has 0 aromatic carbocycles. The molecule has 1 rings (SSSR count). The summed E-state index contributed by atoms with van der Waals surface area (Å²) >= 11 is 1.53. The first-order valence-corrected chi connectivity index (χ1v) is 4.35. The van der Waals surface area contributed by atoms with Gasteiger partial charge in [-0.3, -0.25) is 10.1 Å². The topological polar surface area (TPSA) is 67.2 Å². The van der Waals surface area contributed by atoms with Gasteiger partial charge < -0.3 is 11.1 Å². The van der Waals surface area contributed by atoms with Gasteiger partial charge in [-0.2, -0.15) is 0 Å². The van der Waals surface area contributed by atoms with Crippen LogP contribution in [0.2, 0.25) is 0 Å². The third kappa shape index (κ3) is 1.86. The van der Waals surface area contributed by atoms with E-state index in [1.54, 1.807) is 0 Å². The Morgan fingerprint density at radius 2 is 2.50 bits per heavy atom. The third-order valence-electron chi connectivity index (χ3n) is 1.30. The van der Waals surface area contributed by atoms with Gasteiger partial charge in [-0.1, -0.05) is 0 Å². The second-order valence-corrected chi connectivity index (χ2v) is 3.10. The van der Waals surface area contributed by atoms with E-state index in [4.69, 9.17) is 5.73 Å². The van der Waals surface area contributed by atoms with E-state index in [0.717, 1.165) is 0 Å². The normalized spacial score (nSPS) is 33.6. The van der Waals surface area contributed by atoms with Crippen molar-refractivity contribution in [3.05, 3.63) is 0 Å². The highest BCUT2D eigenvalue weighted by molar-refractivity contribution is 7.99. The summed E-state index contributed by atoms with van der Waals surface area (Å²) < 4.78 is 0. The Kier molecular flexibility index (Phi) is 2.53. The monoisotopic (exact) mass is 161 g/mol. The van der Waals surface area contributed by atoms with Crippen molar-refractivity contribution in [3.8, 4) is 0 Å². The Labute approximate surface area is 63.9 Å². The molecular weight excluding hydrogens is 150 g/mol. The number of hydrogen-bond acceptors (Lipinski definition) is 4. The molecule has 2 unspecified atom stereocenters. The van der Waals surface area contributed by atoms with Crippen LogP contribution in [-0.2, 0) is 4.79 Å². The number of carbonyl (C=O) groups is 1. The van der Waals surface area contributed by atoms with E-state index >= 15 is 0 Å². The van der Waals surface area contributed by atoms with Gasteiger partial charge in [-0.25, -0.2) is 0 Å². The molecule has 0 aromatic heterocycles. The highest BCUT2D eigenvalue weighted by Crippen LogP contribution is 2.04. The van der Waals surface area contributed by atoms with Crippen molar-refractivity contribution in [3.63, 3.8) is 0 Å². The van der Waals surface area contributed by atoms with Crippen LogP contribution in [0.15, 0.2) is 0 Å². The van der Waals surface area contributed by atoms with Gasteiger partial charge in [0.1, 0.15) is 5.50 Å². The van der Waals surface area contributed by atoms with E-state index in [9.17, 15) is 4.79 Å². The lowest BCUT2D eigenvalue weighted by atomic mass is 10.3. The van der Waals surface area contributed by atoms with Crippen LogP contribution in [-0.4, -0.2) is 23.8 Å². The van der Waals surface area contributed by atoms with Crippen LogP contribution >= 0.6 is 11.8 Å². The van der Waals surface area contributed by atoms with Gasteiger partial charge in [0.25, 0.3) is 0 Å². The zero-order valence-corrected chi connectivity index (χ0v) is 6.57. The second-order valence-electron chi connectivity index (χ2n) is 2.16. The van der Waals surface area contributed by atoms with Gasteiger partial charge in [0.05, 0.1) is 12.6 Å². The highest BCUT2D eigenvalue weighted by Gasteiger charge is 2.21.